The van der Waals surface area contributed by atoms with E-state index in [1.807, 2.05) is 0 Å². The maximum Gasteiger partial charge on any atom is 0.251 e. The van der Waals surface area contributed by atoms with Crippen LogP contribution in [0.1, 0.15) is 6.42 Å². The van der Waals surface area contributed by atoms with Crippen LogP contribution in [0.5, 0.6) is 5.88 Å². The number of halogens is 4. The number of pyridine rings is 1. The average Bonchev–Trinajstić information content (AvgIpc) is 3.16. The topological polar surface area (TPSA) is 72.0 Å². The van der Waals surface area contributed by atoms with Crippen molar-refractivity contribution in [3.63, 3.8) is 0 Å². The Hall–Kier alpha value is -2.65. The van der Waals surface area contributed by atoms with Gasteiger partial charge in [-0.25, -0.2) is 28.1 Å². The lowest BCUT2D eigenvalue weighted by Crippen LogP contribution is -2.20. The number of hydrogen-bond donors (Lipinski definition) is 2. The second-order valence-electron chi connectivity index (χ2n) is 5.95. The molecule has 0 unspecified atom stereocenters. The summed E-state index contributed by atoms with van der Waals surface area (Å²) in [6, 6.07) is 3.63. The summed E-state index contributed by atoms with van der Waals surface area (Å²) in [5.41, 5.74) is 0.164. The Morgan fingerprint density at radius 2 is 2.04 bits per heavy atom. The van der Waals surface area contributed by atoms with E-state index in [4.69, 9.17) is 16.3 Å². The third kappa shape index (κ3) is 3.47. The van der Waals surface area contributed by atoms with Crippen molar-refractivity contribution in [1.29, 1.82) is 0 Å². The Labute approximate surface area is 156 Å². The fourth-order valence-corrected chi connectivity index (χ4v) is 2.90. The van der Waals surface area contributed by atoms with Crippen molar-refractivity contribution in [2.45, 2.75) is 12.5 Å². The molecule has 1 saturated heterocycles. The zero-order valence-electron chi connectivity index (χ0n) is 13.8. The largest absolute Gasteiger partial charge is 0.471 e. The van der Waals surface area contributed by atoms with Crippen LogP contribution in [-0.2, 0) is 0 Å². The smallest absolute Gasteiger partial charge is 0.251 e. The van der Waals surface area contributed by atoms with E-state index < -0.39 is 17.5 Å². The molecule has 0 saturated carbocycles. The van der Waals surface area contributed by atoms with Crippen LogP contribution in [0, 0.1) is 17.5 Å². The van der Waals surface area contributed by atoms with Gasteiger partial charge in [0.15, 0.2) is 23.3 Å². The summed E-state index contributed by atoms with van der Waals surface area (Å²) < 4.78 is 47.6. The molecule has 10 heteroatoms. The normalized spacial score (nSPS) is 16.7. The van der Waals surface area contributed by atoms with Gasteiger partial charge in [-0.05, 0) is 25.1 Å². The van der Waals surface area contributed by atoms with Gasteiger partial charge < -0.3 is 15.4 Å². The van der Waals surface area contributed by atoms with E-state index in [1.165, 1.54) is 12.1 Å². The van der Waals surface area contributed by atoms with Gasteiger partial charge in [0.05, 0.1) is 16.2 Å². The number of ether oxygens (including phenoxy) is 1. The van der Waals surface area contributed by atoms with Gasteiger partial charge in [-0.3, -0.25) is 0 Å². The molecule has 3 heterocycles. The van der Waals surface area contributed by atoms with E-state index in [0.717, 1.165) is 25.4 Å². The Morgan fingerprint density at radius 3 is 2.81 bits per heavy atom. The van der Waals surface area contributed by atoms with Gasteiger partial charge in [0.25, 0.3) is 5.88 Å². The first kappa shape index (κ1) is 17.7. The molecule has 1 aromatic carbocycles. The highest BCUT2D eigenvalue weighted by atomic mass is 35.5. The van der Waals surface area contributed by atoms with Crippen LogP contribution in [0.3, 0.4) is 0 Å². The van der Waals surface area contributed by atoms with E-state index in [0.29, 0.717) is 6.54 Å². The summed E-state index contributed by atoms with van der Waals surface area (Å²) in [4.78, 5) is 12.1. The Kier molecular flexibility index (Phi) is 4.71. The Bertz CT molecular complexity index is 1010. The number of rotatable bonds is 4. The minimum Gasteiger partial charge on any atom is -0.471 e. The molecule has 1 aliphatic heterocycles. The SMILES string of the molecule is Fc1cc2ncnc(Nc3ccc(Cl)c(F)c3F)c2nc1O[C@H]1CCNC1. The summed E-state index contributed by atoms with van der Waals surface area (Å²) >= 11 is 5.56. The fourth-order valence-electron chi connectivity index (χ4n) is 2.76. The van der Waals surface area contributed by atoms with Crippen molar-refractivity contribution in [2.24, 2.45) is 0 Å². The van der Waals surface area contributed by atoms with Crippen LogP contribution in [0.2, 0.25) is 5.02 Å². The monoisotopic (exact) mass is 395 g/mol. The summed E-state index contributed by atoms with van der Waals surface area (Å²) in [5.74, 6) is -3.13. The van der Waals surface area contributed by atoms with Crippen LogP contribution >= 0.6 is 11.6 Å². The van der Waals surface area contributed by atoms with E-state index >= 15 is 0 Å². The molecule has 0 bridgehead atoms. The molecule has 1 atom stereocenters. The summed E-state index contributed by atoms with van der Waals surface area (Å²) in [6.07, 6.45) is 1.69. The maximum atomic E-state index is 14.3. The maximum absolute atomic E-state index is 14.3. The predicted octanol–water partition coefficient (Wildman–Crippen LogP) is 3.58. The first-order valence-electron chi connectivity index (χ1n) is 8.12. The minimum atomic E-state index is -1.18. The molecule has 6 nitrogen and oxygen atoms in total. The summed E-state index contributed by atoms with van der Waals surface area (Å²) in [7, 11) is 0. The van der Waals surface area contributed by atoms with Crippen molar-refractivity contribution in [2.75, 3.05) is 18.4 Å². The third-order valence-electron chi connectivity index (χ3n) is 4.11. The standard InChI is InChI=1S/C17H13ClF3N5O/c18-9-1-2-11(14(21)13(9)20)25-16-15-12(23-7-24-16)5-10(19)17(26-15)27-8-3-4-22-6-8/h1-2,5,7-8,22H,3-4,6H2,(H,23,24,25)/t8-/m0/s1. The number of anilines is 2. The highest BCUT2D eigenvalue weighted by Gasteiger charge is 2.21. The lowest BCUT2D eigenvalue weighted by atomic mass is 10.2. The van der Waals surface area contributed by atoms with Crippen molar-refractivity contribution < 1.29 is 17.9 Å². The van der Waals surface area contributed by atoms with Crippen molar-refractivity contribution in [3.8, 4) is 5.88 Å². The quantitative estimate of drug-likeness (QED) is 0.658. The lowest BCUT2D eigenvalue weighted by Gasteiger charge is -2.14. The number of hydrogen-bond acceptors (Lipinski definition) is 6. The molecule has 3 aromatic rings. The Morgan fingerprint density at radius 1 is 1.19 bits per heavy atom. The zero-order valence-corrected chi connectivity index (χ0v) is 14.5. The molecular formula is C17H13ClF3N5O. The zero-order chi connectivity index (χ0) is 19.0. The van der Waals surface area contributed by atoms with E-state index in [2.05, 4.69) is 25.6 Å². The molecule has 2 N–H and O–H groups in total. The van der Waals surface area contributed by atoms with Crippen LogP contribution in [0.4, 0.5) is 24.7 Å². The van der Waals surface area contributed by atoms with Crippen LogP contribution < -0.4 is 15.4 Å². The van der Waals surface area contributed by atoms with E-state index in [1.54, 1.807) is 0 Å². The van der Waals surface area contributed by atoms with Gasteiger partial charge >= 0.3 is 0 Å². The highest BCUT2D eigenvalue weighted by molar-refractivity contribution is 6.30. The molecule has 0 spiro atoms. The van der Waals surface area contributed by atoms with Gasteiger partial charge in [-0.1, -0.05) is 11.6 Å². The van der Waals surface area contributed by atoms with Crippen LogP contribution in [0.25, 0.3) is 11.0 Å². The van der Waals surface area contributed by atoms with Gasteiger partial charge in [0.2, 0.25) is 0 Å². The summed E-state index contributed by atoms with van der Waals surface area (Å²) in [5, 5.41) is 5.41. The van der Waals surface area contributed by atoms with E-state index in [9.17, 15) is 13.2 Å². The molecular weight excluding hydrogens is 383 g/mol. The second kappa shape index (κ2) is 7.16. The van der Waals surface area contributed by atoms with Crippen LogP contribution in [0.15, 0.2) is 24.5 Å². The van der Waals surface area contributed by atoms with Gasteiger partial charge in [-0.15, -0.1) is 0 Å². The molecule has 1 fully saturated rings. The second-order valence-corrected chi connectivity index (χ2v) is 6.35. The number of aromatic nitrogens is 3. The molecule has 2 aromatic heterocycles. The fraction of sp³-hybridized carbons (Fsp3) is 0.235. The predicted molar refractivity (Wildman–Crippen MR) is 93.8 cm³/mol. The summed E-state index contributed by atoms with van der Waals surface area (Å²) in [6.45, 7) is 1.36. The average molecular weight is 396 g/mol. The molecule has 140 valence electrons. The van der Waals surface area contributed by atoms with Crippen LogP contribution in [-0.4, -0.2) is 34.1 Å². The molecule has 0 aliphatic carbocycles. The van der Waals surface area contributed by atoms with Crippen molar-refractivity contribution in [1.82, 2.24) is 20.3 Å². The van der Waals surface area contributed by atoms with E-state index in [-0.39, 0.29) is 39.5 Å². The first-order valence-corrected chi connectivity index (χ1v) is 8.50. The van der Waals surface area contributed by atoms with Crippen molar-refractivity contribution >= 4 is 34.1 Å². The molecule has 4 rings (SSSR count). The number of nitrogens with one attached hydrogen (secondary N) is 2. The van der Waals surface area contributed by atoms with Gasteiger partial charge in [0.1, 0.15) is 17.9 Å². The molecule has 0 radical (unpaired) electrons. The number of fused-ring (bicyclic) bond motifs is 1. The molecule has 1 aliphatic rings. The Balaban J connectivity index is 1.73. The van der Waals surface area contributed by atoms with Gasteiger partial charge in [0, 0.05) is 12.6 Å². The minimum absolute atomic E-state index is 0.0787. The number of benzene rings is 1. The van der Waals surface area contributed by atoms with Gasteiger partial charge in [-0.2, -0.15) is 0 Å². The molecule has 27 heavy (non-hydrogen) atoms. The first-order chi connectivity index (χ1) is 13.0. The highest BCUT2D eigenvalue weighted by Crippen LogP contribution is 2.30. The third-order valence-corrected chi connectivity index (χ3v) is 4.41. The molecule has 0 amide bonds. The van der Waals surface area contributed by atoms with Crippen molar-refractivity contribution in [3.05, 3.63) is 47.0 Å². The lowest BCUT2D eigenvalue weighted by molar-refractivity contribution is 0.204. The number of nitrogens with zero attached hydrogens (tertiary/aromatic N) is 3.